The molecule has 7 nitrogen and oxygen atoms in total. The summed E-state index contributed by atoms with van der Waals surface area (Å²) in [5.41, 5.74) is 0. The molecule has 1 heterocycles. The minimum Gasteiger partial charge on any atom is -0.481 e. The van der Waals surface area contributed by atoms with Crippen molar-refractivity contribution < 1.29 is 14.7 Å². The lowest BCUT2D eigenvalue weighted by atomic mass is 10.3. The van der Waals surface area contributed by atoms with Gasteiger partial charge in [0.2, 0.25) is 5.91 Å². The first-order chi connectivity index (χ1) is 9.08. The number of amides is 1. The van der Waals surface area contributed by atoms with Gasteiger partial charge in [0.15, 0.2) is 5.16 Å². The molecule has 0 saturated carbocycles. The molecule has 0 fully saturated rings. The molecule has 0 aromatic carbocycles. The van der Waals surface area contributed by atoms with E-state index in [0.29, 0.717) is 31.2 Å². The summed E-state index contributed by atoms with van der Waals surface area (Å²) in [6.45, 7) is 5.73. The van der Waals surface area contributed by atoms with Crippen LogP contribution in [-0.4, -0.2) is 55.5 Å². The fraction of sp³-hybridized carbons (Fsp3) is 0.636. The van der Waals surface area contributed by atoms with Crippen molar-refractivity contribution in [3.05, 3.63) is 6.33 Å². The van der Waals surface area contributed by atoms with Gasteiger partial charge in [0.1, 0.15) is 6.33 Å². The molecule has 0 atom stereocenters. The molecule has 0 unspecified atom stereocenters. The van der Waals surface area contributed by atoms with Crippen molar-refractivity contribution >= 4 is 23.6 Å². The predicted octanol–water partition coefficient (Wildman–Crippen LogP) is 0.713. The molecule has 1 rings (SSSR count). The zero-order valence-corrected chi connectivity index (χ0v) is 11.9. The average molecular weight is 286 g/mol. The minimum atomic E-state index is -0.904. The Labute approximate surface area is 116 Å². The standard InChI is InChI=1S/C11H18N4O3S/c1-3-14(4-2)9(16)5-6-15-8-12-13-11(15)19-7-10(17)18/h8H,3-7H2,1-2H3,(H,17,18). The molecule has 0 aliphatic rings. The van der Waals surface area contributed by atoms with Crippen LogP contribution in [0.1, 0.15) is 20.3 Å². The number of carbonyl (C=O) groups is 2. The zero-order valence-electron chi connectivity index (χ0n) is 11.1. The van der Waals surface area contributed by atoms with Crippen LogP contribution in [0.15, 0.2) is 11.5 Å². The van der Waals surface area contributed by atoms with Crippen molar-refractivity contribution in [1.82, 2.24) is 19.7 Å². The second kappa shape index (κ2) is 7.78. The third-order valence-corrected chi connectivity index (χ3v) is 3.55. The topological polar surface area (TPSA) is 88.3 Å². The summed E-state index contributed by atoms with van der Waals surface area (Å²) in [6.07, 6.45) is 1.88. The molecule has 1 amide bonds. The van der Waals surface area contributed by atoms with E-state index in [1.807, 2.05) is 13.8 Å². The van der Waals surface area contributed by atoms with E-state index in [9.17, 15) is 9.59 Å². The number of rotatable bonds is 8. The number of aromatic nitrogens is 3. The quantitative estimate of drug-likeness (QED) is 0.708. The van der Waals surface area contributed by atoms with Crippen molar-refractivity contribution in [2.45, 2.75) is 32.0 Å². The third-order valence-electron chi connectivity index (χ3n) is 2.59. The van der Waals surface area contributed by atoms with Gasteiger partial charge in [0.05, 0.1) is 5.75 Å². The first-order valence-electron chi connectivity index (χ1n) is 6.08. The number of carbonyl (C=O) groups excluding carboxylic acids is 1. The van der Waals surface area contributed by atoms with Gasteiger partial charge in [-0.3, -0.25) is 9.59 Å². The molecule has 0 saturated heterocycles. The monoisotopic (exact) mass is 286 g/mol. The summed E-state index contributed by atoms with van der Waals surface area (Å²) in [5.74, 6) is -0.894. The molecule has 0 radical (unpaired) electrons. The lowest BCUT2D eigenvalue weighted by Gasteiger charge is -2.18. The maximum atomic E-state index is 11.8. The Morgan fingerprint density at radius 1 is 1.42 bits per heavy atom. The molecule has 0 bridgehead atoms. The SMILES string of the molecule is CCN(CC)C(=O)CCn1cnnc1SCC(=O)O. The summed E-state index contributed by atoms with van der Waals surface area (Å²) in [6, 6.07) is 0. The normalized spacial score (nSPS) is 10.4. The van der Waals surface area contributed by atoms with Gasteiger partial charge < -0.3 is 14.6 Å². The highest BCUT2D eigenvalue weighted by Gasteiger charge is 2.12. The molecule has 1 N–H and O–H groups in total. The molecular weight excluding hydrogens is 268 g/mol. The molecular formula is C11H18N4O3S. The number of aryl methyl sites for hydroxylation is 1. The Kier molecular flexibility index (Phi) is 6.34. The lowest BCUT2D eigenvalue weighted by Crippen LogP contribution is -2.31. The van der Waals surface area contributed by atoms with Gasteiger partial charge in [0.25, 0.3) is 0 Å². The Morgan fingerprint density at radius 3 is 2.68 bits per heavy atom. The van der Waals surface area contributed by atoms with Gasteiger partial charge in [0, 0.05) is 26.1 Å². The van der Waals surface area contributed by atoms with Gasteiger partial charge in [-0.05, 0) is 13.8 Å². The van der Waals surface area contributed by atoms with Crippen molar-refractivity contribution in [3.63, 3.8) is 0 Å². The maximum Gasteiger partial charge on any atom is 0.313 e. The van der Waals surface area contributed by atoms with E-state index in [0.717, 1.165) is 11.8 Å². The van der Waals surface area contributed by atoms with Crippen molar-refractivity contribution in [3.8, 4) is 0 Å². The van der Waals surface area contributed by atoms with Crippen LogP contribution >= 0.6 is 11.8 Å². The fourth-order valence-electron chi connectivity index (χ4n) is 1.59. The van der Waals surface area contributed by atoms with Crippen molar-refractivity contribution in [1.29, 1.82) is 0 Å². The van der Waals surface area contributed by atoms with Crippen LogP contribution in [0.4, 0.5) is 0 Å². The van der Waals surface area contributed by atoms with Gasteiger partial charge >= 0.3 is 5.97 Å². The van der Waals surface area contributed by atoms with Crippen LogP contribution < -0.4 is 0 Å². The first kappa shape index (κ1) is 15.5. The Morgan fingerprint density at radius 2 is 2.11 bits per heavy atom. The minimum absolute atomic E-state index is 0.0668. The number of aliphatic carboxylic acids is 1. The second-order valence-electron chi connectivity index (χ2n) is 3.81. The van der Waals surface area contributed by atoms with Crippen LogP contribution in [0, 0.1) is 0 Å². The van der Waals surface area contributed by atoms with Gasteiger partial charge in [-0.15, -0.1) is 10.2 Å². The molecule has 1 aromatic rings. The maximum absolute atomic E-state index is 11.8. The van der Waals surface area contributed by atoms with Crippen LogP contribution in [0.3, 0.4) is 0 Å². The number of carboxylic acids is 1. The van der Waals surface area contributed by atoms with Gasteiger partial charge in [-0.25, -0.2) is 0 Å². The lowest BCUT2D eigenvalue weighted by molar-refractivity contribution is -0.134. The Bertz CT molecular complexity index is 431. The highest BCUT2D eigenvalue weighted by molar-refractivity contribution is 7.99. The molecule has 8 heteroatoms. The summed E-state index contributed by atoms with van der Waals surface area (Å²) in [7, 11) is 0. The second-order valence-corrected chi connectivity index (χ2v) is 4.75. The van der Waals surface area contributed by atoms with E-state index in [2.05, 4.69) is 10.2 Å². The van der Waals surface area contributed by atoms with Gasteiger partial charge in [-0.2, -0.15) is 0 Å². The number of thioether (sulfide) groups is 1. The Hall–Kier alpha value is -1.57. The van der Waals surface area contributed by atoms with Crippen molar-refractivity contribution in [2.24, 2.45) is 0 Å². The predicted molar refractivity (Wildman–Crippen MR) is 70.9 cm³/mol. The number of nitrogens with zero attached hydrogens (tertiary/aromatic N) is 4. The summed E-state index contributed by atoms with van der Waals surface area (Å²) < 4.78 is 1.70. The number of hydrogen-bond donors (Lipinski definition) is 1. The van der Waals surface area contributed by atoms with E-state index in [4.69, 9.17) is 5.11 Å². The van der Waals surface area contributed by atoms with E-state index >= 15 is 0 Å². The highest BCUT2D eigenvalue weighted by Crippen LogP contribution is 2.14. The van der Waals surface area contributed by atoms with Crippen LogP contribution in [0.25, 0.3) is 0 Å². The average Bonchev–Trinajstić information content (AvgIpc) is 2.82. The Balaban J connectivity index is 2.51. The van der Waals surface area contributed by atoms with E-state index in [1.165, 1.54) is 6.33 Å². The molecule has 106 valence electrons. The molecule has 0 spiro atoms. The van der Waals surface area contributed by atoms with Crippen molar-refractivity contribution in [2.75, 3.05) is 18.8 Å². The molecule has 0 aliphatic heterocycles. The summed E-state index contributed by atoms with van der Waals surface area (Å²) >= 11 is 1.10. The molecule has 1 aromatic heterocycles. The molecule has 19 heavy (non-hydrogen) atoms. The fourth-order valence-corrected chi connectivity index (χ4v) is 2.25. The van der Waals surface area contributed by atoms with E-state index in [-0.39, 0.29) is 11.7 Å². The third kappa shape index (κ3) is 4.90. The summed E-state index contributed by atoms with van der Waals surface area (Å²) in [4.78, 5) is 24.1. The summed E-state index contributed by atoms with van der Waals surface area (Å²) in [5, 5.41) is 16.7. The van der Waals surface area contributed by atoms with Gasteiger partial charge in [-0.1, -0.05) is 11.8 Å². The number of hydrogen-bond acceptors (Lipinski definition) is 5. The number of carboxylic acid groups (broad SMARTS) is 1. The van der Waals surface area contributed by atoms with Crippen LogP contribution in [-0.2, 0) is 16.1 Å². The largest absolute Gasteiger partial charge is 0.481 e. The highest BCUT2D eigenvalue weighted by atomic mass is 32.2. The van der Waals surface area contributed by atoms with E-state index < -0.39 is 5.97 Å². The molecule has 0 aliphatic carbocycles. The van der Waals surface area contributed by atoms with Crippen LogP contribution in [0.2, 0.25) is 0 Å². The van der Waals surface area contributed by atoms with Crippen LogP contribution in [0.5, 0.6) is 0 Å². The zero-order chi connectivity index (χ0) is 14.3. The van der Waals surface area contributed by atoms with E-state index in [1.54, 1.807) is 9.47 Å². The smallest absolute Gasteiger partial charge is 0.313 e. The first-order valence-corrected chi connectivity index (χ1v) is 7.07.